The molecule has 0 fully saturated rings. The molecule has 0 atom stereocenters. The van der Waals surface area contributed by atoms with Crippen LogP contribution in [0.2, 0.25) is 0 Å². The van der Waals surface area contributed by atoms with Crippen LogP contribution < -0.4 is 10.2 Å². The van der Waals surface area contributed by atoms with Crippen molar-refractivity contribution >= 4 is 11.6 Å². The summed E-state index contributed by atoms with van der Waals surface area (Å²) in [6.07, 6.45) is 0.323. The van der Waals surface area contributed by atoms with Gasteiger partial charge in [0.05, 0.1) is 19.2 Å². The predicted octanol–water partition coefficient (Wildman–Crippen LogP) is 4.01. The summed E-state index contributed by atoms with van der Waals surface area (Å²) in [6, 6.07) is 10.1. The van der Waals surface area contributed by atoms with Gasteiger partial charge in [-0.1, -0.05) is 23.8 Å². The van der Waals surface area contributed by atoms with Crippen molar-refractivity contribution in [2.45, 2.75) is 41.0 Å². The highest BCUT2D eigenvalue weighted by Gasteiger charge is 2.09. The van der Waals surface area contributed by atoms with Gasteiger partial charge in [0.15, 0.2) is 0 Å². The Morgan fingerprint density at radius 1 is 1.04 bits per heavy atom. The van der Waals surface area contributed by atoms with Crippen molar-refractivity contribution in [2.75, 3.05) is 7.11 Å². The Labute approximate surface area is 149 Å². The van der Waals surface area contributed by atoms with E-state index in [0.717, 1.165) is 39.3 Å². The average Bonchev–Trinajstić information content (AvgIpc) is 2.55. The molecule has 0 aliphatic heterocycles. The molecule has 0 aromatic heterocycles. The standard InChI is InChI=1S/C21H26N2O2/c1-13-7-8-18(14(2)9-13)12-20(24)23-22-17(5)19-10-15(3)21(25-6)16(4)11-19/h7-11H,12H2,1-6H3,(H,23,24)/b22-17+. The van der Waals surface area contributed by atoms with Crippen LogP contribution in [0, 0.1) is 27.7 Å². The first-order valence-electron chi connectivity index (χ1n) is 8.36. The first kappa shape index (κ1) is 18.7. The average molecular weight is 338 g/mol. The van der Waals surface area contributed by atoms with Crippen molar-refractivity contribution < 1.29 is 9.53 Å². The van der Waals surface area contributed by atoms with Crippen LogP contribution >= 0.6 is 0 Å². The molecule has 0 aliphatic rings. The highest BCUT2D eigenvalue weighted by atomic mass is 16.5. The van der Waals surface area contributed by atoms with Gasteiger partial charge in [-0.2, -0.15) is 5.10 Å². The number of methoxy groups -OCH3 is 1. The Bertz CT molecular complexity index is 800. The van der Waals surface area contributed by atoms with Crippen molar-refractivity contribution in [1.82, 2.24) is 5.43 Å². The SMILES string of the molecule is COc1c(C)cc(/C(C)=N/NC(=O)Cc2ccc(C)cc2C)cc1C. The summed E-state index contributed by atoms with van der Waals surface area (Å²) in [4.78, 5) is 12.2. The molecule has 2 aromatic carbocycles. The number of hydrogen-bond acceptors (Lipinski definition) is 3. The molecule has 0 unspecified atom stereocenters. The monoisotopic (exact) mass is 338 g/mol. The third kappa shape index (κ3) is 4.69. The molecule has 0 bridgehead atoms. The van der Waals surface area contributed by atoms with Gasteiger partial charge in [-0.3, -0.25) is 4.79 Å². The van der Waals surface area contributed by atoms with Gasteiger partial charge in [-0.15, -0.1) is 0 Å². The van der Waals surface area contributed by atoms with Crippen molar-refractivity contribution in [2.24, 2.45) is 5.10 Å². The molecule has 2 aromatic rings. The van der Waals surface area contributed by atoms with E-state index < -0.39 is 0 Å². The van der Waals surface area contributed by atoms with E-state index in [1.165, 1.54) is 5.56 Å². The van der Waals surface area contributed by atoms with Crippen LogP contribution in [0.4, 0.5) is 0 Å². The summed E-state index contributed by atoms with van der Waals surface area (Å²) < 4.78 is 5.39. The van der Waals surface area contributed by atoms with Crippen LogP contribution in [0.25, 0.3) is 0 Å². The topological polar surface area (TPSA) is 50.7 Å². The number of carbonyl (C=O) groups excluding carboxylic acids is 1. The Morgan fingerprint density at radius 2 is 1.68 bits per heavy atom. The Hall–Kier alpha value is -2.62. The van der Waals surface area contributed by atoms with Crippen molar-refractivity contribution in [3.63, 3.8) is 0 Å². The van der Waals surface area contributed by atoms with Crippen LogP contribution in [0.5, 0.6) is 5.75 Å². The third-order valence-electron chi connectivity index (χ3n) is 4.28. The predicted molar refractivity (Wildman–Crippen MR) is 102 cm³/mol. The van der Waals surface area contributed by atoms with Gasteiger partial charge in [0.25, 0.3) is 0 Å². The summed E-state index contributed by atoms with van der Waals surface area (Å²) in [5, 5.41) is 4.25. The van der Waals surface area contributed by atoms with E-state index in [2.05, 4.69) is 16.6 Å². The molecular formula is C21H26N2O2. The number of carbonyl (C=O) groups is 1. The lowest BCUT2D eigenvalue weighted by molar-refractivity contribution is -0.120. The summed E-state index contributed by atoms with van der Waals surface area (Å²) in [5.74, 6) is 0.767. The minimum atomic E-state index is -0.117. The lowest BCUT2D eigenvalue weighted by Gasteiger charge is -2.11. The molecule has 0 saturated carbocycles. The number of ether oxygens (including phenoxy) is 1. The van der Waals surface area contributed by atoms with E-state index in [0.29, 0.717) is 6.42 Å². The number of hydrazone groups is 1. The first-order chi connectivity index (χ1) is 11.8. The van der Waals surface area contributed by atoms with Crippen LogP contribution in [0.15, 0.2) is 35.4 Å². The second kappa shape index (κ2) is 7.97. The number of aryl methyl sites for hydroxylation is 4. The molecule has 0 aliphatic carbocycles. The molecule has 1 amide bonds. The maximum absolute atomic E-state index is 12.2. The van der Waals surface area contributed by atoms with Gasteiger partial charge in [-0.05, 0) is 74.6 Å². The van der Waals surface area contributed by atoms with Crippen LogP contribution in [0.3, 0.4) is 0 Å². The normalized spacial score (nSPS) is 11.4. The van der Waals surface area contributed by atoms with E-state index >= 15 is 0 Å². The fourth-order valence-electron chi connectivity index (χ4n) is 2.95. The minimum absolute atomic E-state index is 0.117. The molecule has 4 nitrogen and oxygen atoms in total. The minimum Gasteiger partial charge on any atom is -0.496 e. The Kier molecular flexibility index (Phi) is 5.97. The zero-order valence-electron chi connectivity index (χ0n) is 15.9. The second-order valence-corrected chi connectivity index (χ2v) is 6.48. The van der Waals surface area contributed by atoms with Crippen molar-refractivity contribution in [3.05, 3.63) is 63.7 Å². The lowest BCUT2D eigenvalue weighted by atomic mass is 10.0. The lowest BCUT2D eigenvalue weighted by Crippen LogP contribution is -2.21. The van der Waals surface area contributed by atoms with Crippen LogP contribution in [-0.2, 0) is 11.2 Å². The summed E-state index contributed by atoms with van der Waals surface area (Å²) in [7, 11) is 1.67. The molecule has 25 heavy (non-hydrogen) atoms. The Balaban J connectivity index is 2.09. The molecule has 0 heterocycles. The summed E-state index contributed by atoms with van der Waals surface area (Å²) >= 11 is 0. The quantitative estimate of drug-likeness (QED) is 0.661. The van der Waals surface area contributed by atoms with Gasteiger partial charge < -0.3 is 4.74 Å². The van der Waals surface area contributed by atoms with Crippen molar-refractivity contribution in [1.29, 1.82) is 0 Å². The zero-order chi connectivity index (χ0) is 18.6. The largest absolute Gasteiger partial charge is 0.496 e. The fraction of sp³-hybridized carbons (Fsp3) is 0.333. The van der Waals surface area contributed by atoms with E-state index in [9.17, 15) is 4.79 Å². The van der Waals surface area contributed by atoms with Gasteiger partial charge in [0.1, 0.15) is 5.75 Å². The summed E-state index contributed by atoms with van der Waals surface area (Å²) in [5.41, 5.74) is 9.84. The van der Waals surface area contributed by atoms with Crippen molar-refractivity contribution in [3.8, 4) is 5.75 Å². The summed E-state index contributed by atoms with van der Waals surface area (Å²) in [6.45, 7) is 9.96. The molecule has 0 spiro atoms. The molecule has 2 rings (SSSR count). The second-order valence-electron chi connectivity index (χ2n) is 6.48. The zero-order valence-corrected chi connectivity index (χ0v) is 15.9. The molecule has 1 N–H and O–H groups in total. The van der Waals surface area contributed by atoms with Gasteiger partial charge in [0.2, 0.25) is 5.91 Å². The maximum Gasteiger partial charge on any atom is 0.244 e. The Morgan fingerprint density at radius 3 is 2.24 bits per heavy atom. The van der Waals surface area contributed by atoms with E-state index in [1.54, 1.807) is 7.11 Å². The molecule has 4 heteroatoms. The number of nitrogens with zero attached hydrogens (tertiary/aromatic N) is 1. The maximum atomic E-state index is 12.2. The molecule has 0 saturated heterocycles. The van der Waals surface area contributed by atoms with Crippen LogP contribution in [0.1, 0.15) is 40.3 Å². The number of hydrogen-bond donors (Lipinski definition) is 1. The van der Waals surface area contributed by atoms with E-state index in [4.69, 9.17) is 4.74 Å². The highest BCUT2D eigenvalue weighted by molar-refractivity contribution is 5.99. The third-order valence-corrected chi connectivity index (χ3v) is 4.28. The van der Waals surface area contributed by atoms with E-state index in [1.807, 2.05) is 58.9 Å². The fourth-order valence-corrected chi connectivity index (χ4v) is 2.95. The smallest absolute Gasteiger partial charge is 0.244 e. The number of rotatable bonds is 5. The molecule has 0 radical (unpaired) electrons. The molecule has 132 valence electrons. The van der Waals surface area contributed by atoms with E-state index in [-0.39, 0.29) is 5.91 Å². The first-order valence-corrected chi connectivity index (χ1v) is 8.36. The van der Waals surface area contributed by atoms with Gasteiger partial charge in [0, 0.05) is 0 Å². The van der Waals surface area contributed by atoms with Gasteiger partial charge in [-0.25, -0.2) is 5.43 Å². The molecular weight excluding hydrogens is 312 g/mol. The number of nitrogens with one attached hydrogen (secondary N) is 1. The number of benzene rings is 2. The van der Waals surface area contributed by atoms with Gasteiger partial charge >= 0.3 is 0 Å². The number of amides is 1. The van der Waals surface area contributed by atoms with Crippen LogP contribution in [-0.4, -0.2) is 18.7 Å². The highest BCUT2D eigenvalue weighted by Crippen LogP contribution is 2.24.